The summed E-state index contributed by atoms with van der Waals surface area (Å²) in [5, 5.41) is 31.3. The van der Waals surface area contributed by atoms with Crippen molar-refractivity contribution in [2.75, 3.05) is 32.2 Å². The maximum Gasteiger partial charge on any atom is 0.412 e. The van der Waals surface area contributed by atoms with Crippen LogP contribution in [-0.4, -0.2) is 76.2 Å². The predicted molar refractivity (Wildman–Crippen MR) is 88.4 cm³/mol. The maximum atomic E-state index is 12.3. The lowest BCUT2D eigenvalue weighted by molar-refractivity contribution is -0.0549. The minimum atomic E-state index is -1.44. The fraction of sp³-hybridized carbons (Fsp3) is 0.533. The molecule has 4 atom stereocenters. The van der Waals surface area contributed by atoms with E-state index in [-0.39, 0.29) is 24.6 Å². The second-order valence-electron chi connectivity index (χ2n) is 5.42. The largest absolute Gasteiger partial charge is 0.447 e. The lowest BCUT2D eigenvalue weighted by atomic mass is 10.1. The van der Waals surface area contributed by atoms with Crippen molar-refractivity contribution in [3.05, 3.63) is 28.8 Å². The fourth-order valence-electron chi connectivity index (χ4n) is 2.38. The Morgan fingerprint density at radius 1 is 1.46 bits per heavy atom. The molecule has 1 aliphatic heterocycles. The summed E-state index contributed by atoms with van der Waals surface area (Å²) in [6.07, 6.45) is -3.34. The Morgan fingerprint density at radius 2 is 2.19 bits per heavy atom. The number of anilines is 1. The lowest BCUT2D eigenvalue weighted by Crippen LogP contribution is -2.36. The van der Waals surface area contributed by atoms with E-state index in [0.29, 0.717) is 0 Å². The summed E-state index contributed by atoms with van der Waals surface area (Å²) >= 11 is 0. The van der Waals surface area contributed by atoms with Gasteiger partial charge in [0.2, 0.25) is 0 Å². The summed E-state index contributed by atoms with van der Waals surface area (Å²) in [5.74, 6) is -0.0876. The Morgan fingerprint density at radius 3 is 2.77 bits per heavy atom. The summed E-state index contributed by atoms with van der Waals surface area (Å²) < 4.78 is 15.8. The maximum absolute atomic E-state index is 12.3. The first-order valence-electron chi connectivity index (χ1n) is 7.73. The standard InChI is InChI=1S/C15H21N3O8/c1-3-8-6-18(13-11(21)10(20)9(7-19)26-13)14(22)16-12(8)17-15(23)25-5-4-24-2/h3,6,9-11,13,19-21H,1,4-5,7H2,2H3,(H,16,17,22,23)/t9-,10-,11-,13?/m1/s1. The average molecular weight is 371 g/mol. The summed E-state index contributed by atoms with van der Waals surface area (Å²) in [6.45, 7) is 3.28. The number of rotatable bonds is 7. The van der Waals surface area contributed by atoms with Crippen molar-refractivity contribution < 1.29 is 34.3 Å². The number of ether oxygens (including phenoxy) is 3. The third-order valence-electron chi connectivity index (χ3n) is 3.73. The first kappa shape index (κ1) is 20.0. The molecule has 0 saturated carbocycles. The number of aliphatic hydroxyl groups is 3. The SMILES string of the molecule is C=Cc1cn(C2O[C@H](CO)[C@@H](O)[C@H]2O)c(=O)nc1NC(=O)OCCOC. The number of aromatic nitrogens is 2. The van der Waals surface area contributed by atoms with Crippen LogP contribution in [-0.2, 0) is 14.2 Å². The van der Waals surface area contributed by atoms with Crippen LogP contribution in [0, 0.1) is 0 Å². The van der Waals surface area contributed by atoms with Gasteiger partial charge >= 0.3 is 11.8 Å². The normalized spacial score (nSPS) is 25.1. The predicted octanol–water partition coefficient (Wildman–Crippen LogP) is -1.31. The topological polar surface area (TPSA) is 152 Å². The molecule has 26 heavy (non-hydrogen) atoms. The molecule has 0 aromatic carbocycles. The second-order valence-corrected chi connectivity index (χ2v) is 5.42. The number of methoxy groups -OCH3 is 1. The molecule has 11 nitrogen and oxygen atoms in total. The highest BCUT2D eigenvalue weighted by molar-refractivity contribution is 5.85. The highest BCUT2D eigenvalue weighted by atomic mass is 16.6. The van der Waals surface area contributed by atoms with E-state index in [1.54, 1.807) is 0 Å². The Balaban J connectivity index is 2.23. The molecule has 144 valence electrons. The summed E-state index contributed by atoms with van der Waals surface area (Å²) in [7, 11) is 1.45. The van der Waals surface area contributed by atoms with Gasteiger partial charge in [-0.05, 0) is 0 Å². The first-order valence-corrected chi connectivity index (χ1v) is 7.73. The highest BCUT2D eigenvalue weighted by Gasteiger charge is 2.43. The van der Waals surface area contributed by atoms with Crippen molar-refractivity contribution >= 4 is 18.0 Å². The van der Waals surface area contributed by atoms with E-state index in [1.165, 1.54) is 19.4 Å². The fourth-order valence-corrected chi connectivity index (χ4v) is 2.38. The molecular formula is C15H21N3O8. The van der Waals surface area contributed by atoms with Crippen LogP contribution in [0.25, 0.3) is 6.08 Å². The molecule has 0 bridgehead atoms. The van der Waals surface area contributed by atoms with Gasteiger partial charge in [0.25, 0.3) is 0 Å². The number of nitrogens with zero attached hydrogens (tertiary/aromatic N) is 2. The number of amides is 1. The van der Waals surface area contributed by atoms with E-state index in [1.807, 2.05) is 0 Å². The molecule has 1 aromatic rings. The Hall–Kier alpha value is -2.31. The highest BCUT2D eigenvalue weighted by Crippen LogP contribution is 2.28. The Kier molecular flexibility index (Phi) is 6.83. The Labute approximate surface area is 148 Å². The monoisotopic (exact) mass is 371 g/mol. The number of carbonyl (C=O) groups is 1. The Bertz CT molecular complexity index is 707. The van der Waals surface area contributed by atoms with Gasteiger partial charge in [-0.15, -0.1) is 0 Å². The van der Waals surface area contributed by atoms with Crippen molar-refractivity contribution in [3.63, 3.8) is 0 Å². The molecule has 1 fully saturated rings. The van der Waals surface area contributed by atoms with Crippen LogP contribution in [0.1, 0.15) is 11.8 Å². The van der Waals surface area contributed by atoms with Crippen LogP contribution in [0.4, 0.5) is 10.6 Å². The van der Waals surface area contributed by atoms with Gasteiger partial charge < -0.3 is 29.5 Å². The third-order valence-corrected chi connectivity index (χ3v) is 3.73. The van der Waals surface area contributed by atoms with E-state index >= 15 is 0 Å². The molecule has 4 N–H and O–H groups in total. The van der Waals surface area contributed by atoms with E-state index in [4.69, 9.17) is 19.3 Å². The van der Waals surface area contributed by atoms with E-state index in [9.17, 15) is 19.8 Å². The van der Waals surface area contributed by atoms with Crippen molar-refractivity contribution in [1.82, 2.24) is 9.55 Å². The van der Waals surface area contributed by atoms with Crippen molar-refractivity contribution in [1.29, 1.82) is 0 Å². The van der Waals surface area contributed by atoms with Crippen LogP contribution in [0.15, 0.2) is 17.6 Å². The number of aliphatic hydroxyl groups excluding tert-OH is 3. The minimum absolute atomic E-state index is 0.0192. The molecule has 1 aliphatic rings. The molecule has 1 saturated heterocycles. The lowest BCUT2D eigenvalue weighted by Gasteiger charge is -2.18. The van der Waals surface area contributed by atoms with Crippen LogP contribution in [0.2, 0.25) is 0 Å². The van der Waals surface area contributed by atoms with Crippen LogP contribution < -0.4 is 11.0 Å². The van der Waals surface area contributed by atoms with Gasteiger partial charge in [0.1, 0.15) is 30.7 Å². The molecule has 0 spiro atoms. The number of carbonyl (C=O) groups excluding carboxylic acids is 1. The van der Waals surface area contributed by atoms with Gasteiger partial charge in [-0.2, -0.15) is 4.98 Å². The zero-order valence-electron chi connectivity index (χ0n) is 14.1. The molecule has 2 rings (SSSR count). The molecular weight excluding hydrogens is 350 g/mol. The zero-order valence-corrected chi connectivity index (χ0v) is 14.1. The summed E-state index contributed by atoms with van der Waals surface area (Å²) in [5.41, 5.74) is -0.594. The van der Waals surface area contributed by atoms with Crippen molar-refractivity contribution in [2.24, 2.45) is 0 Å². The summed E-state index contributed by atoms with van der Waals surface area (Å²) in [6, 6.07) is 0. The van der Waals surface area contributed by atoms with Gasteiger partial charge in [-0.1, -0.05) is 12.7 Å². The van der Waals surface area contributed by atoms with Crippen LogP contribution >= 0.6 is 0 Å². The molecule has 1 unspecified atom stereocenters. The van der Waals surface area contributed by atoms with Crippen molar-refractivity contribution in [3.8, 4) is 0 Å². The molecule has 1 aromatic heterocycles. The van der Waals surface area contributed by atoms with Crippen LogP contribution in [0.5, 0.6) is 0 Å². The van der Waals surface area contributed by atoms with Gasteiger partial charge in [0.15, 0.2) is 6.23 Å². The summed E-state index contributed by atoms with van der Waals surface area (Å²) in [4.78, 5) is 27.7. The smallest absolute Gasteiger partial charge is 0.412 e. The molecule has 1 amide bonds. The van der Waals surface area contributed by atoms with Gasteiger partial charge in [-0.25, -0.2) is 9.59 Å². The number of nitrogens with one attached hydrogen (secondary N) is 1. The number of hydrogen-bond acceptors (Lipinski definition) is 9. The first-order chi connectivity index (χ1) is 12.4. The van der Waals surface area contributed by atoms with Crippen LogP contribution in [0.3, 0.4) is 0 Å². The average Bonchev–Trinajstić information content (AvgIpc) is 2.90. The number of hydrogen-bond donors (Lipinski definition) is 4. The molecule has 11 heteroatoms. The molecule has 0 radical (unpaired) electrons. The van der Waals surface area contributed by atoms with E-state index in [2.05, 4.69) is 16.9 Å². The zero-order chi connectivity index (χ0) is 19.3. The molecule has 0 aliphatic carbocycles. The van der Waals surface area contributed by atoms with Gasteiger partial charge in [-0.3, -0.25) is 9.88 Å². The van der Waals surface area contributed by atoms with Crippen molar-refractivity contribution in [2.45, 2.75) is 24.5 Å². The van der Waals surface area contributed by atoms with Gasteiger partial charge in [0.05, 0.1) is 13.2 Å². The van der Waals surface area contributed by atoms with Gasteiger partial charge in [0, 0.05) is 18.9 Å². The van der Waals surface area contributed by atoms with E-state index < -0.39 is 42.9 Å². The molecule has 2 heterocycles. The third kappa shape index (κ3) is 4.26. The second kappa shape index (κ2) is 8.87. The quantitative estimate of drug-likeness (QED) is 0.428. The minimum Gasteiger partial charge on any atom is -0.447 e. The van der Waals surface area contributed by atoms with E-state index in [0.717, 1.165) is 4.57 Å².